The Morgan fingerprint density at radius 2 is 1.79 bits per heavy atom. The van der Waals surface area contributed by atoms with Crippen molar-refractivity contribution in [1.82, 2.24) is 19.8 Å². The van der Waals surface area contributed by atoms with Gasteiger partial charge in [0.1, 0.15) is 5.25 Å². The molecule has 3 aromatic rings. The van der Waals surface area contributed by atoms with Crippen LogP contribution in [-0.4, -0.2) is 46.5 Å². The highest BCUT2D eigenvalue weighted by Crippen LogP contribution is 2.36. The number of hydrogen-bond acceptors (Lipinski definition) is 5. The Balaban J connectivity index is 1.58. The van der Waals surface area contributed by atoms with Crippen molar-refractivity contribution in [2.24, 2.45) is 0 Å². The first-order valence-electron chi connectivity index (χ1n) is 11.9. The fraction of sp³-hybridized carbons (Fsp3) is 0.423. The largest absolute Gasteiger partial charge is 0.339 e. The number of nitrogens with zero attached hydrogens (tertiary/aromatic N) is 3. The summed E-state index contributed by atoms with van der Waals surface area (Å²) in [5.41, 5.74) is 4.26. The van der Waals surface area contributed by atoms with Crippen LogP contribution in [0.1, 0.15) is 41.7 Å². The van der Waals surface area contributed by atoms with Crippen molar-refractivity contribution in [2.45, 2.75) is 49.6 Å². The molecule has 1 N–H and O–H groups in total. The average Bonchev–Trinajstić information content (AvgIpc) is 2.87. The van der Waals surface area contributed by atoms with Gasteiger partial charge < -0.3 is 10.2 Å². The van der Waals surface area contributed by atoms with Gasteiger partial charge in [-0.1, -0.05) is 42.1 Å². The van der Waals surface area contributed by atoms with E-state index < -0.39 is 5.25 Å². The first-order valence-corrected chi connectivity index (χ1v) is 12.8. The molecule has 0 bridgehead atoms. The number of thioether (sulfide) groups is 1. The van der Waals surface area contributed by atoms with E-state index in [1.165, 1.54) is 35.7 Å². The molecule has 0 spiro atoms. The van der Waals surface area contributed by atoms with Crippen molar-refractivity contribution in [3.05, 3.63) is 69.5 Å². The van der Waals surface area contributed by atoms with Crippen molar-refractivity contribution >= 4 is 28.6 Å². The van der Waals surface area contributed by atoms with E-state index in [0.29, 0.717) is 30.2 Å². The van der Waals surface area contributed by atoms with E-state index in [4.69, 9.17) is 4.98 Å². The Bertz CT molecular complexity index is 1220. The Hall–Kier alpha value is -2.64. The van der Waals surface area contributed by atoms with E-state index in [9.17, 15) is 9.59 Å². The quantitative estimate of drug-likeness (QED) is 0.464. The number of benzene rings is 2. The maximum absolute atomic E-state index is 13.6. The predicted octanol–water partition coefficient (Wildman–Crippen LogP) is 3.56. The minimum Gasteiger partial charge on any atom is -0.339 e. The second-order valence-electron chi connectivity index (χ2n) is 8.77. The SMILES string of the molecule is CCn1c(SC(C(=O)N2CCNCC2)c2ccccc2)nc2cc3c(cc2c1=O)CCCC3. The zero-order valence-corrected chi connectivity index (χ0v) is 19.9. The molecule has 1 saturated heterocycles. The maximum atomic E-state index is 13.6. The van der Waals surface area contributed by atoms with Crippen LogP contribution in [0.5, 0.6) is 0 Å². The molecule has 0 radical (unpaired) electrons. The van der Waals surface area contributed by atoms with Gasteiger partial charge in [-0.2, -0.15) is 0 Å². The van der Waals surface area contributed by atoms with Gasteiger partial charge in [0, 0.05) is 32.7 Å². The molecular formula is C26H30N4O2S. The molecule has 1 aromatic heterocycles. The van der Waals surface area contributed by atoms with E-state index in [1.54, 1.807) is 4.57 Å². The van der Waals surface area contributed by atoms with Crippen LogP contribution in [0, 0.1) is 0 Å². The number of hydrogen-bond donors (Lipinski definition) is 1. The third-order valence-corrected chi connectivity index (χ3v) is 7.91. The maximum Gasteiger partial charge on any atom is 0.262 e. The lowest BCUT2D eigenvalue weighted by Gasteiger charge is -2.31. The average molecular weight is 463 g/mol. The van der Waals surface area contributed by atoms with E-state index in [-0.39, 0.29) is 11.5 Å². The third kappa shape index (κ3) is 4.44. The third-order valence-electron chi connectivity index (χ3n) is 6.68. The number of aryl methyl sites for hydroxylation is 2. The van der Waals surface area contributed by atoms with Crippen LogP contribution in [0.25, 0.3) is 10.9 Å². The zero-order valence-electron chi connectivity index (χ0n) is 19.0. The summed E-state index contributed by atoms with van der Waals surface area (Å²) in [5, 5.41) is 4.17. The van der Waals surface area contributed by atoms with Crippen molar-refractivity contribution in [1.29, 1.82) is 0 Å². The first-order chi connectivity index (χ1) is 16.2. The van der Waals surface area contributed by atoms with Crippen LogP contribution in [-0.2, 0) is 24.2 Å². The number of rotatable bonds is 5. The number of carbonyl (C=O) groups excluding carboxylic acids is 1. The lowest BCUT2D eigenvalue weighted by Crippen LogP contribution is -2.47. The van der Waals surface area contributed by atoms with Crippen molar-refractivity contribution in [2.75, 3.05) is 26.2 Å². The molecule has 1 fully saturated rings. The number of amides is 1. The van der Waals surface area contributed by atoms with Crippen LogP contribution >= 0.6 is 11.8 Å². The summed E-state index contributed by atoms with van der Waals surface area (Å²) in [6.45, 7) is 5.48. The molecule has 7 heteroatoms. The van der Waals surface area contributed by atoms with Crippen LogP contribution in [0.15, 0.2) is 52.4 Å². The Kier molecular flexibility index (Phi) is 6.51. The summed E-state index contributed by atoms with van der Waals surface area (Å²) in [4.78, 5) is 33.9. The Morgan fingerprint density at radius 1 is 1.09 bits per heavy atom. The standard InChI is InChI=1S/C26H30N4O2S/c1-2-30-24(31)21-16-19-10-6-7-11-20(19)17-22(21)28-26(30)33-23(18-8-4-3-5-9-18)25(32)29-14-12-27-13-15-29/h3-5,8-9,16-17,23,27H,2,6-7,10-15H2,1H3. The van der Waals surface area contributed by atoms with Gasteiger partial charge in [0.15, 0.2) is 5.16 Å². The van der Waals surface area contributed by atoms with Crippen molar-refractivity contribution in [3.8, 4) is 0 Å². The van der Waals surface area contributed by atoms with Gasteiger partial charge in [-0.3, -0.25) is 14.2 Å². The summed E-state index contributed by atoms with van der Waals surface area (Å²) < 4.78 is 1.73. The monoisotopic (exact) mass is 462 g/mol. The highest BCUT2D eigenvalue weighted by atomic mass is 32.2. The van der Waals surface area contributed by atoms with Crippen LogP contribution in [0.3, 0.4) is 0 Å². The number of nitrogens with one attached hydrogen (secondary N) is 1. The van der Waals surface area contributed by atoms with Gasteiger partial charge in [0.25, 0.3) is 5.56 Å². The molecule has 1 aliphatic heterocycles. The minimum atomic E-state index is -0.441. The molecule has 1 amide bonds. The molecule has 5 rings (SSSR count). The Morgan fingerprint density at radius 3 is 2.48 bits per heavy atom. The fourth-order valence-electron chi connectivity index (χ4n) is 4.85. The second-order valence-corrected chi connectivity index (χ2v) is 9.85. The summed E-state index contributed by atoms with van der Waals surface area (Å²) in [7, 11) is 0. The molecule has 6 nitrogen and oxygen atoms in total. The van der Waals surface area contributed by atoms with Gasteiger partial charge in [0.05, 0.1) is 10.9 Å². The van der Waals surface area contributed by atoms with E-state index in [1.807, 2.05) is 42.2 Å². The molecule has 2 aliphatic rings. The van der Waals surface area contributed by atoms with Gasteiger partial charge in [-0.05, 0) is 61.4 Å². The summed E-state index contributed by atoms with van der Waals surface area (Å²) in [6, 6.07) is 14.0. The summed E-state index contributed by atoms with van der Waals surface area (Å²) in [5.74, 6) is 0.0788. The summed E-state index contributed by atoms with van der Waals surface area (Å²) in [6.07, 6.45) is 4.43. The van der Waals surface area contributed by atoms with Crippen LogP contribution in [0.4, 0.5) is 0 Å². The second kappa shape index (κ2) is 9.69. The van der Waals surface area contributed by atoms with Gasteiger partial charge in [-0.25, -0.2) is 4.98 Å². The normalized spacial score (nSPS) is 17.1. The van der Waals surface area contributed by atoms with Gasteiger partial charge in [0.2, 0.25) is 5.91 Å². The number of fused-ring (bicyclic) bond motifs is 2. The topological polar surface area (TPSA) is 67.2 Å². The van der Waals surface area contributed by atoms with E-state index in [0.717, 1.165) is 37.0 Å². The van der Waals surface area contributed by atoms with Gasteiger partial charge in [-0.15, -0.1) is 0 Å². The number of aromatic nitrogens is 2. The fourth-order valence-corrected chi connectivity index (χ4v) is 6.09. The molecule has 2 aromatic carbocycles. The molecule has 0 saturated carbocycles. The van der Waals surface area contributed by atoms with E-state index in [2.05, 4.69) is 17.4 Å². The lowest BCUT2D eigenvalue weighted by molar-refractivity contribution is -0.131. The molecule has 33 heavy (non-hydrogen) atoms. The minimum absolute atomic E-state index is 0.0141. The summed E-state index contributed by atoms with van der Waals surface area (Å²) >= 11 is 1.40. The van der Waals surface area contributed by atoms with E-state index >= 15 is 0 Å². The number of piperazine rings is 1. The predicted molar refractivity (Wildman–Crippen MR) is 133 cm³/mol. The molecule has 1 atom stereocenters. The van der Waals surface area contributed by atoms with Crippen molar-refractivity contribution in [3.63, 3.8) is 0 Å². The van der Waals surface area contributed by atoms with Gasteiger partial charge >= 0.3 is 0 Å². The van der Waals surface area contributed by atoms with Crippen LogP contribution in [0.2, 0.25) is 0 Å². The first kappa shape index (κ1) is 22.2. The molecule has 1 aliphatic carbocycles. The molecule has 1 unspecified atom stereocenters. The molecule has 172 valence electrons. The zero-order chi connectivity index (χ0) is 22.8. The lowest BCUT2D eigenvalue weighted by atomic mass is 9.90. The van der Waals surface area contributed by atoms with Crippen molar-refractivity contribution < 1.29 is 4.79 Å². The van der Waals surface area contributed by atoms with Crippen LogP contribution < -0.4 is 10.9 Å². The highest BCUT2D eigenvalue weighted by molar-refractivity contribution is 8.00. The molecular weight excluding hydrogens is 432 g/mol. The smallest absolute Gasteiger partial charge is 0.262 e. The molecule has 2 heterocycles. The highest BCUT2D eigenvalue weighted by Gasteiger charge is 2.30. The number of carbonyl (C=O) groups is 1. The Labute approximate surface area is 198 Å².